The summed E-state index contributed by atoms with van der Waals surface area (Å²) < 4.78 is 18.8. The lowest BCUT2D eigenvalue weighted by Gasteiger charge is -2.30. The molecular weight excluding hydrogens is 386 g/mol. The van der Waals surface area contributed by atoms with E-state index >= 15 is 0 Å². The van der Waals surface area contributed by atoms with Gasteiger partial charge in [0.25, 0.3) is 0 Å². The zero-order chi connectivity index (χ0) is 21.9. The van der Waals surface area contributed by atoms with E-state index < -0.39 is 14.3 Å². The van der Waals surface area contributed by atoms with Crippen LogP contribution in [0.5, 0.6) is 5.75 Å². The van der Waals surface area contributed by atoms with E-state index in [1.54, 1.807) is 26.3 Å². The Morgan fingerprint density at radius 1 is 1.21 bits per heavy atom. The Hall–Kier alpha value is -2.12. The zero-order valence-electron chi connectivity index (χ0n) is 18.8. The first-order valence-corrected chi connectivity index (χ1v) is 13.5. The average Bonchev–Trinajstić information content (AvgIpc) is 2.62. The number of esters is 1. The Morgan fingerprint density at radius 3 is 2.38 bits per heavy atom. The number of hydrogen-bond donors (Lipinski definition) is 0. The minimum absolute atomic E-state index is 0.0440. The van der Waals surface area contributed by atoms with Gasteiger partial charge in [0.2, 0.25) is 5.43 Å². The number of ether oxygens (including phenoxy) is 2. The number of benzene rings is 1. The zero-order valence-corrected chi connectivity index (χ0v) is 19.8. The molecule has 0 spiro atoms. The van der Waals surface area contributed by atoms with Gasteiger partial charge in [-0.3, -0.25) is 4.79 Å². The van der Waals surface area contributed by atoms with E-state index in [0.717, 1.165) is 11.1 Å². The van der Waals surface area contributed by atoms with E-state index in [1.165, 1.54) is 0 Å². The van der Waals surface area contributed by atoms with Crippen LogP contribution in [0.4, 0.5) is 0 Å². The lowest BCUT2D eigenvalue weighted by molar-refractivity contribution is 0.0523. The van der Waals surface area contributed by atoms with E-state index in [1.807, 2.05) is 17.6 Å². The standard InChI is InChI=1S/C22H33NO5Si/c1-9-27-22(25)17-12-23(19(14(2)3)13-28-29(6,7)8)18-11-20(26-5)15(4)10-16(18)21(17)24/h10-12,14,19H,9,13H2,1-8H3/t19-/m1/s1. The summed E-state index contributed by atoms with van der Waals surface area (Å²) in [4.78, 5) is 25.6. The van der Waals surface area contributed by atoms with Gasteiger partial charge >= 0.3 is 5.97 Å². The Morgan fingerprint density at radius 2 is 1.86 bits per heavy atom. The highest BCUT2D eigenvalue weighted by atomic mass is 28.4. The second-order valence-electron chi connectivity index (χ2n) is 8.57. The number of rotatable bonds is 8. The van der Waals surface area contributed by atoms with Gasteiger partial charge in [-0.05, 0) is 51.0 Å². The predicted molar refractivity (Wildman–Crippen MR) is 119 cm³/mol. The summed E-state index contributed by atoms with van der Waals surface area (Å²) in [5.41, 5.74) is 1.28. The molecule has 1 atom stereocenters. The highest BCUT2D eigenvalue weighted by Gasteiger charge is 2.25. The van der Waals surface area contributed by atoms with Crippen molar-refractivity contribution in [1.82, 2.24) is 4.57 Å². The third-order valence-corrected chi connectivity index (χ3v) is 5.89. The minimum atomic E-state index is -1.74. The fraction of sp³-hybridized carbons (Fsp3) is 0.545. The molecule has 0 fully saturated rings. The van der Waals surface area contributed by atoms with Crippen molar-refractivity contribution in [2.75, 3.05) is 20.3 Å². The maximum Gasteiger partial charge on any atom is 0.343 e. The molecule has 0 aliphatic carbocycles. The molecule has 160 valence electrons. The second kappa shape index (κ2) is 9.13. The van der Waals surface area contributed by atoms with Crippen LogP contribution >= 0.6 is 0 Å². The maximum atomic E-state index is 13.1. The van der Waals surface area contributed by atoms with Crippen molar-refractivity contribution in [2.45, 2.75) is 53.4 Å². The van der Waals surface area contributed by atoms with Crippen molar-refractivity contribution in [1.29, 1.82) is 0 Å². The number of fused-ring (bicyclic) bond motifs is 1. The van der Waals surface area contributed by atoms with Gasteiger partial charge in [0.1, 0.15) is 11.3 Å². The van der Waals surface area contributed by atoms with Crippen LogP contribution in [-0.2, 0) is 9.16 Å². The lowest BCUT2D eigenvalue weighted by atomic mass is 10.0. The number of aryl methyl sites for hydroxylation is 1. The largest absolute Gasteiger partial charge is 0.496 e. The van der Waals surface area contributed by atoms with Crippen LogP contribution in [0, 0.1) is 12.8 Å². The number of aromatic nitrogens is 1. The summed E-state index contributed by atoms with van der Waals surface area (Å²) in [5, 5.41) is 0.479. The van der Waals surface area contributed by atoms with Crippen molar-refractivity contribution < 1.29 is 18.7 Å². The molecular formula is C22H33NO5Si. The first-order chi connectivity index (χ1) is 13.5. The van der Waals surface area contributed by atoms with E-state index in [9.17, 15) is 9.59 Å². The molecule has 0 amide bonds. The second-order valence-corrected chi connectivity index (χ2v) is 13.1. The Balaban J connectivity index is 2.79. The predicted octanol–water partition coefficient (Wildman–Crippen LogP) is 4.54. The molecule has 29 heavy (non-hydrogen) atoms. The average molecular weight is 420 g/mol. The normalized spacial score (nSPS) is 13.0. The van der Waals surface area contributed by atoms with Gasteiger partial charge in [-0.2, -0.15) is 0 Å². The molecule has 1 aromatic heterocycles. The molecule has 2 rings (SSSR count). The van der Waals surface area contributed by atoms with Gasteiger partial charge in [-0.25, -0.2) is 4.79 Å². The third-order valence-electron chi connectivity index (χ3n) is 4.86. The van der Waals surface area contributed by atoms with Gasteiger partial charge in [-0.1, -0.05) is 13.8 Å². The van der Waals surface area contributed by atoms with Crippen LogP contribution in [0.25, 0.3) is 10.9 Å². The monoisotopic (exact) mass is 419 g/mol. The summed E-state index contributed by atoms with van der Waals surface area (Å²) in [7, 11) is -0.134. The van der Waals surface area contributed by atoms with Crippen LogP contribution < -0.4 is 10.2 Å². The van der Waals surface area contributed by atoms with E-state index in [0.29, 0.717) is 17.7 Å². The molecule has 0 bridgehead atoms. The fourth-order valence-corrected chi connectivity index (χ4v) is 3.93. The molecule has 6 nitrogen and oxygen atoms in total. The highest BCUT2D eigenvalue weighted by Crippen LogP contribution is 2.29. The van der Waals surface area contributed by atoms with Gasteiger partial charge in [0.15, 0.2) is 8.32 Å². The first-order valence-electron chi connectivity index (χ1n) is 10.0. The van der Waals surface area contributed by atoms with E-state index in [4.69, 9.17) is 13.9 Å². The summed E-state index contributed by atoms with van der Waals surface area (Å²) in [6.07, 6.45) is 1.62. The number of carbonyl (C=O) groups excluding carboxylic acids is 1. The molecule has 0 saturated carbocycles. The number of carbonyl (C=O) groups is 1. The number of methoxy groups -OCH3 is 1. The number of pyridine rings is 1. The fourth-order valence-electron chi connectivity index (χ4n) is 3.26. The van der Waals surface area contributed by atoms with Crippen molar-refractivity contribution in [3.8, 4) is 5.75 Å². The maximum absolute atomic E-state index is 13.1. The quantitative estimate of drug-likeness (QED) is 0.464. The molecule has 0 N–H and O–H groups in total. The number of nitrogens with zero attached hydrogens (tertiary/aromatic N) is 1. The molecule has 0 aliphatic rings. The van der Waals surface area contributed by atoms with Crippen molar-refractivity contribution in [2.24, 2.45) is 5.92 Å². The third kappa shape index (κ3) is 5.28. The molecule has 1 heterocycles. The SMILES string of the molecule is CCOC(=O)c1cn([C@H](CO[Si](C)(C)C)C(C)C)c2cc(OC)c(C)cc2c1=O. The van der Waals surface area contributed by atoms with Crippen molar-refractivity contribution in [3.05, 3.63) is 39.7 Å². The molecule has 0 aliphatic heterocycles. The summed E-state index contributed by atoms with van der Waals surface area (Å²) in [6, 6.07) is 3.60. The first kappa shape index (κ1) is 23.2. The molecule has 0 radical (unpaired) electrons. The lowest BCUT2D eigenvalue weighted by Crippen LogP contribution is -2.32. The molecule has 0 saturated heterocycles. The highest BCUT2D eigenvalue weighted by molar-refractivity contribution is 6.69. The van der Waals surface area contributed by atoms with Crippen LogP contribution in [0.3, 0.4) is 0 Å². The molecule has 1 aromatic carbocycles. The summed E-state index contributed by atoms with van der Waals surface area (Å²) in [5.74, 6) is 0.317. The van der Waals surface area contributed by atoms with Crippen LogP contribution in [0.15, 0.2) is 23.1 Å². The molecule has 7 heteroatoms. The Kier molecular flexibility index (Phi) is 7.29. The van der Waals surface area contributed by atoms with E-state index in [2.05, 4.69) is 33.5 Å². The van der Waals surface area contributed by atoms with Crippen molar-refractivity contribution >= 4 is 25.2 Å². The Labute approximate surface area is 173 Å². The van der Waals surface area contributed by atoms with Gasteiger partial charge in [0.05, 0.1) is 31.9 Å². The van der Waals surface area contributed by atoms with Crippen molar-refractivity contribution in [3.63, 3.8) is 0 Å². The number of hydrogen-bond acceptors (Lipinski definition) is 5. The summed E-state index contributed by atoms with van der Waals surface area (Å²) >= 11 is 0. The summed E-state index contributed by atoms with van der Waals surface area (Å²) in [6.45, 7) is 15.0. The molecule has 2 aromatic rings. The van der Waals surface area contributed by atoms with Crippen LogP contribution in [-0.4, -0.2) is 39.2 Å². The van der Waals surface area contributed by atoms with Crippen LogP contribution in [0.2, 0.25) is 19.6 Å². The minimum Gasteiger partial charge on any atom is -0.496 e. The van der Waals surface area contributed by atoms with E-state index in [-0.39, 0.29) is 29.6 Å². The molecule has 0 unspecified atom stereocenters. The van der Waals surface area contributed by atoms with Gasteiger partial charge in [0, 0.05) is 17.6 Å². The topological polar surface area (TPSA) is 66.8 Å². The Bertz CT molecular complexity index is 943. The van der Waals surface area contributed by atoms with Crippen LogP contribution in [0.1, 0.15) is 42.7 Å². The van der Waals surface area contributed by atoms with Gasteiger partial charge in [-0.15, -0.1) is 0 Å². The van der Waals surface area contributed by atoms with Gasteiger partial charge < -0.3 is 18.5 Å². The smallest absolute Gasteiger partial charge is 0.343 e.